The molecule has 0 bridgehead atoms. The van der Waals surface area contributed by atoms with Crippen LogP contribution in [0, 0.1) is 19.8 Å². The molecule has 1 fully saturated rings. The normalized spacial score (nSPS) is 21.7. The van der Waals surface area contributed by atoms with Crippen LogP contribution in [0.2, 0.25) is 0 Å². The molecule has 0 unspecified atom stereocenters. The molecule has 0 aromatic heterocycles. The second kappa shape index (κ2) is 6.74. The highest BCUT2D eigenvalue weighted by Crippen LogP contribution is 2.23. The number of carbonyl (C=O) groups is 2. The largest absolute Gasteiger partial charge is 0.345 e. The van der Waals surface area contributed by atoms with Gasteiger partial charge in [0.25, 0.3) is 0 Å². The van der Waals surface area contributed by atoms with E-state index in [1.807, 2.05) is 32.0 Å². The monoisotopic (exact) mass is 288 g/mol. The summed E-state index contributed by atoms with van der Waals surface area (Å²) in [5, 5.41) is 5.53. The third-order valence-corrected chi connectivity index (χ3v) is 4.40. The molecule has 0 heterocycles. The predicted molar refractivity (Wildman–Crippen MR) is 84.1 cm³/mol. The van der Waals surface area contributed by atoms with Crippen LogP contribution >= 0.6 is 0 Å². The molecule has 2 N–H and O–H groups in total. The molecule has 0 radical (unpaired) electrons. The van der Waals surface area contributed by atoms with E-state index in [0.29, 0.717) is 11.6 Å². The lowest BCUT2D eigenvalue weighted by atomic mass is 9.86. The number of anilines is 1. The zero-order chi connectivity index (χ0) is 15.4. The number of amides is 2. The molecule has 2 rings (SSSR count). The van der Waals surface area contributed by atoms with Gasteiger partial charge in [0, 0.05) is 11.7 Å². The number of nitrogens with one attached hydrogen (secondary N) is 2. The summed E-state index contributed by atoms with van der Waals surface area (Å²) in [5.74, 6) is -0.680. The highest BCUT2D eigenvalue weighted by atomic mass is 16.2. The summed E-state index contributed by atoms with van der Waals surface area (Å²) in [7, 11) is 0. The van der Waals surface area contributed by atoms with Crippen LogP contribution in [0.5, 0.6) is 0 Å². The topological polar surface area (TPSA) is 58.2 Å². The molecule has 2 atom stereocenters. The summed E-state index contributed by atoms with van der Waals surface area (Å²) in [4.78, 5) is 24.0. The Bertz CT molecular complexity index is 540. The minimum absolute atomic E-state index is 0.122. The quantitative estimate of drug-likeness (QED) is 0.822. The second-order valence-corrected chi connectivity index (χ2v) is 6.09. The maximum absolute atomic E-state index is 12.0. The SMILES string of the molecule is Cc1ccc(NC(=O)C(=O)N[C@H]2CCCC[C@@H]2C)cc1C. The van der Waals surface area contributed by atoms with Gasteiger partial charge in [0.1, 0.15) is 0 Å². The van der Waals surface area contributed by atoms with Crippen LogP contribution in [0.3, 0.4) is 0 Å². The molecule has 0 aliphatic heterocycles. The second-order valence-electron chi connectivity index (χ2n) is 6.09. The first-order valence-corrected chi connectivity index (χ1v) is 7.66. The summed E-state index contributed by atoms with van der Waals surface area (Å²) in [6.45, 7) is 6.12. The molecule has 1 saturated carbocycles. The molecular formula is C17H24N2O2. The van der Waals surface area contributed by atoms with Gasteiger partial charge in [-0.05, 0) is 55.9 Å². The van der Waals surface area contributed by atoms with Crippen molar-refractivity contribution in [2.75, 3.05) is 5.32 Å². The van der Waals surface area contributed by atoms with Crippen molar-refractivity contribution in [3.63, 3.8) is 0 Å². The van der Waals surface area contributed by atoms with Crippen LogP contribution in [0.1, 0.15) is 43.7 Å². The Balaban J connectivity index is 1.93. The van der Waals surface area contributed by atoms with Crippen molar-refractivity contribution in [1.82, 2.24) is 5.32 Å². The molecule has 1 aliphatic rings. The van der Waals surface area contributed by atoms with E-state index in [-0.39, 0.29) is 6.04 Å². The number of hydrogen-bond acceptors (Lipinski definition) is 2. The summed E-state index contributed by atoms with van der Waals surface area (Å²) < 4.78 is 0. The Morgan fingerprint density at radius 1 is 1.05 bits per heavy atom. The Hall–Kier alpha value is -1.84. The Kier molecular flexibility index (Phi) is 4.99. The van der Waals surface area contributed by atoms with Crippen LogP contribution in [0.25, 0.3) is 0 Å². The molecule has 21 heavy (non-hydrogen) atoms. The summed E-state index contributed by atoms with van der Waals surface area (Å²) >= 11 is 0. The van der Waals surface area contributed by atoms with Gasteiger partial charge in [-0.3, -0.25) is 9.59 Å². The lowest BCUT2D eigenvalue weighted by molar-refractivity contribution is -0.137. The van der Waals surface area contributed by atoms with Gasteiger partial charge in [0.05, 0.1) is 0 Å². The maximum Gasteiger partial charge on any atom is 0.313 e. The van der Waals surface area contributed by atoms with Gasteiger partial charge in [-0.25, -0.2) is 0 Å². The van der Waals surface area contributed by atoms with E-state index in [2.05, 4.69) is 17.6 Å². The number of aryl methyl sites for hydroxylation is 2. The van der Waals surface area contributed by atoms with Crippen molar-refractivity contribution in [2.45, 2.75) is 52.5 Å². The van der Waals surface area contributed by atoms with Gasteiger partial charge in [-0.2, -0.15) is 0 Å². The minimum atomic E-state index is -0.587. The van der Waals surface area contributed by atoms with Crippen molar-refractivity contribution in [1.29, 1.82) is 0 Å². The zero-order valence-electron chi connectivity index (χ0n) is 13.0. The van der Waals surface area contributed by atoms with Crippen molar-refractivity contribution in [3.05, 3.63) is 29.3 Å². The Labute approximate surface area is 126 Å². The molecule has 1 aromatic carbocycles. The van der Waals surface area contributed by atoms with Crippen LogP contribution in [-0.4, -0.2) is 17.9 Å². The molecule has 4 heteroatoms. The van der Waals surface area contributed by atoms with E-state index < -0.39 is 11.8 Å². The molecule has 114 valence electrons. The van der Waals surface area contributed by atoms with E-state index in [0.717, 1.165) is 30.4 Å². The lowest BCUT2D eigenvalue weighted by Gasteiger charge is -2.29. The number of carbonyl (C=O) groups excluding carboxylic acids is 2. The van der Waals surface area contributed by atoms with Crippen LogP contribution in [0.4, 0.5) is 5.69 Å². The fourth-order valence-corrected chi connectivity index (χ4v) is 2.77. The average molecular weight is 288 g/mol. The third kappa shape index (κ3) is 4.06. The standard InChI is InChI=1S/C17H24N2O2/c1-11-8-9-14(10-13(11)3)18-16(20)17(21)19-15-7-5-4-6-12(15)2/h8-10,12,15H,4-7H2,1-3H3,(H,18,20)(H,19,21)/t12-,15-/m0/s1. The first-order valence-electron chi connectivity index (χ1n) is 7.66. The Morgan fingerprint density at radius 2 is 1.76 bits per heavy atom. The molecule has 1 aromatic rings. The van der Waals surface area contributed by atoms with Crippen molar-refractivity contribution < 1.29 is 9.59 Å². The van der Waals surface area contributed by atoms with Crippen LogP contribution < -0.4 is 10.6 Å². The summed E-state index contributed by atoms with van der Waals surface area (Å²) in [6.07, 6.45) is 4.41. The van der Waals surface area contributed by atoms with Gasteiger partial charge >= 0.3 is 11.8 Å². The average Bonchev–Trinajstić information content (AvgIpc) is 2.45. The highest BCUT2D eigenvalue weighted by molar-refractivity contribution is 6.39. The minimum Gasteiger partial charge on any atom is -0.345 e. The van der Waals surface area contributed by atoms with Crippen molar-refractivity contribution in [2.24, 2.45) is 5.92 Å². The first-order chi connectivity index (χ1) is 9.97. The van der Waals surface area contributed by atoms with Gasteiger partial charge in [0.2, 0.25) is 0 Å². The Morgan fingerprint density at radius 3 is 2.43 bits per heavy atom. The predicted octanol–water partition coefficient (Wildman–Crippen LogP) is 2.94. The van der Waals surface area contributed by atoms with Crippen LogP contribution in [0.15, 0.2) is 18.2 Å². The van der Waals surface area contributed by atoms with E-state index in [4.69, 9.17) is 0 Å². The van der Waals surface area contributed by atoms with E-state index >= 15 is 0 Å². The van der Waals surface area contributed by atoms with Gasteiger partial charge in [0.15, 0.2) is 0 Å². The number of rotatable bonds is 2. The molecule has 4 nitrogen and oxygen atoms in total. The molecule has 0 saturated heterocycles. The van der Waals surface area contributed by atoms with E-state index in [9.17, 15) is 9.59 Å². The smallest absolute Gasteiger partial charge is 0.313 e. The van der Waals surface area contributed by atoms with Crippen LogP contribution in [-0.2, 0) is 9.59 Å². The maximum atomic E-state index is 12.0. The van der Waals surface area contributed by atoms with Gasteiger partial charge in [-0.15, -0.1) is 0 Å². The van der Waals surface area contributed by atoms with E-state index in [1.54, 1.807) is 0 Å². The summed E-state index contributed by atoms with van der Waals surface area (Å²) in [5.41, 5.74) is 2.91. The highest BCUT2D eigenvalue weighted by Gasteiger charge is 2.25. The fourth-order valence-electron chi connectivity index (χ4n) is 2.77. The summed E-state index contributed by atoms with van der Waals surface area (Å²) in [6, 6.07) is 5.75. The fraction of sp³-hybridized carbons (Fsp3) is 0.529. The van der Waals surface area contributed by atoms with Gasteiger partial charge in [-0.1, -0.05) is 25.8 Å². The van der Waals surface area contributed by atoms with E-state index in [1.165, 1.54) is 6.42 Å². The van der Waals surface area contributed by atoms with Crippen molar-refractivity contribution >= 4 is 17.5 Å². The third-order valence-electron chi connectivity index (χ3n) is 4.40. The van der Waals surface area contributed by atoms with Crippen molar-refractivity contribution in [3.8, 4) is 0 Å². The molecule has 0 spiro atoms. The van der Waals surface area contributed by atoms with Gasteiger partial charge < -0.3 is 10.6 Å². The zero-order valence-corrected chi connectivity index (χ0v) is 13.0. The number of benzene rings is 1. The number of hydrogen-bond donors (Lipinski definition) is 2. The molecule has 1 aliphatic carbocycles. The molecule has 2 amide bonds. The first kappa shape index (κ1) is 15.5. The lowest BCUT2D eigenvalue weighted by Crippen LogP contribution is -2.45. The molecular weight excluding hydrogens is 264 g/mol.